The van der Waals surface area contributed by atoms with Crippen LogP contribution in [0.4, 0.5) is 0 Å². The number of rotatable bonds is 9. The highest BCUT2D eigenvalue weighted by Gasteiger charge is 2.05. The molecule has 0 saturated carbocycles. The van der Waals surface area contributed by atoms with Crippen molar-refractivity contribution in [1.29, 1.82) is 0 Å². The molecule has 0 aromatic heterocycles. The van der Waals surface area contributed by atoms with Gasteiger partial charge in [-0.1, -0.05) is 45.6 Å². The summed E-state index contributed by atoms with van der Waals surface area (Å²) in [7, 11) is 0. The van der Waals surface area contributed by atoms with Gasteiger partial charge in [0.1, 0.15) is 0 Å². The summed E-state index contributed by atoms with van der Waals surface area (Å²) in [5.74, 6) is 0.668. The average Bonchev–Trinajstić information content (AvgIpc) is 2.33. The van der Waals surface area contributed by atoms with Crippen molar-refractivity contribution in [3.05, 3.63) is 12.2 Å². The number of hydrogen-bond acceptors (Lipinski definition) is 1. The van der Waals surface area contributed by atoms with Gasteiger partial charge in [0.05, 0.1) is 0 Å². The Morgan fingerprint density at radius 3 is 2.29 bits per heavy atom. The van der Waals surface area contributed by atoms with E-state index in [-0.39, 0.29) is 5.91 Å². The van der Waals surface area contributed by atoms with Crippen molar-refractivity contribution < 1.29 is 4.79 Å². The number of nitrogens with zero attached hydrogens (tertiary/aromatic N) is 1. The lowest BCUT2D eigenvalue weighted by Crippen LogP contribution is -2.28. The fourth-order valence-electron chi connectivity index (χ4n) is 1.88. The zero-order chi connectivity index (χ0) is 13.1. The molecule has 0 rings (SSSR count). The Hall–Kier alpha value is -0.790. The highest BCUT2D eigenvalue weighted by atomic mass is 16.2. The molecule has 1 atom stereocenters. The number of likely N-dealkylation sites (N-methyl/N-ethyl adjacent to an activating group) is 1. The van der Waals surface area contributed by atoms with Crippen molar-refractivity contribution in [2.45, 2.75) is 59.8 Å². The highest BCUT2D eigenvalue weighted by Crippen LogP contribution is 2.11. The lowest BCUT2D eigenvalue weighted by molar-refractivity contribution is -0.125. The molecule has 2 heteroatoms. The van der Waals surface area contributed by atoms with Crippen LogP contribution in [0.1, 0.15) is 59.8 Å². The van der Waals surface area contributed by atoms with E-state index in [9.17, 15) is 4.79 Å². The van der Waals surface area contributed by atoms with E-state index >= 15 is 0 Å². The molecule has 0 fully saturated rings. The molecular weight excluding hydrogens is 210 g/mol. The van der Waals surface area contributed by atoms with Crippen LogP contribution >= 0.6 is 0 Å². The van der Waals surface area contributed by atoms with Crippen molar-refractivity contribution in [2.24, 2.45) is 5.92 Å². The number of carbonyl (C=O) groups is 1. The summed E-state index contributed by atoms with van der Waals surface area (Å²) in [6, 6.07) is 0. The molecule has 100 valence electrons. The zero-order valence-corrected chi connectivity index (χ0v) is 12.0. The number of allylic oxidation sites excluding steroid dienone is 1. The van der Waals surface area contributed by atoms with Crippen molar-refractivity contribution >= 4 is 5.91 Å². The number of unbranched alkanes of at least 4 members (excludes halogenated alkanes) is 3. The highest BCUT2D eigenvalue weighted by molar-refractivity contribution is 5.87. The minimum Gasteiger partial charge on any atom is -0.340 e. The molecule has 0 aliphatic heterocycles. The summed E-state index contributed by atoms with van der Waals surface area (Å²) in [5, 5.41) is 0. The van der Waals surface area contributed by atoms with Crippen LogP contribution in [-0.4, -0.2) is 23.9 Å². The minimum absolute atomic E-state index is 0.149. The van der Waals surface area contributed by atoms with Crippen molar-refractivity contribution in [3.63, 3.8) is 0 Å². The van der Waals surface area contributed by atoms with Gasteiger partial charge in [-0.05, 0) is 32.3 Å². The molecule has 2 nitrogen and oxygen atoms in total. The third-order valence-electron chi connectivity index (χ3n) is 3.16. The Labute approximate surface area is 107 Å². The second kappa shape index (κ2) is 10.4. The lowest BCUT2D eigenvalue weighted by atomic mass is 10.0. The van der Waals surface area contributed by atoms with Crippen LogP contribution in [0.3, 0.4) is 0 Å². The first-order valence-corrected chi connectivity index (χ1v) is 7.12. The summed E-state index contributed by atoms with van der Waals surface area (Å²) in [5.41, 5.74) is 0. The maximum absolute atomic E-state index is 11.7. The number of carbonyl (C=O) groups excluding carboxylic acids is 1. The molecule has 0 N–H and O–H groups in total. The predicted molar refractivity (Wildman–Crippen MR) is 75.0 cm³/mol. The third kappa shape index (κ3) is 8.00. The molecule has 17 heavy (non-hydrogen) atoms. The van der Waals surface area contributed by atoms with E-state index in [1.54, 1.807) is 6.08 Å². The van der Waals surface area contributed by atoms with Gasteiger partial charge in [0.2, 0.25) is 5.91 Å². The topological polar surface area (TPSA) is 20.3 Å². The van der Waals surface area contributed by atoms with Crippen LogP contribution in [0.2, 0.25) is 0 Å². The normalized spacial score (nSPS) is 12.9. The summed E-state index contributed by atoms with van der Waals surface area (Å²) in [4.78, 5) is 13.6. The molecular formula is C15H29NO. The monoisotopic (exact) mass is 239 g/mol. The maximum Gasteiger partial charge on any atom is 0.246 e. The van der Waals surface area contributed by atoms with Crippen LogP contribution < -0.4 is 0 Å². The SMILES string of the molecule is CCCCCCC(C)/C=C/C(=O)N(CC)CC. The second-order valence-corrected chi connectivity index (χ2v) is 4.70. The first-order chi connectivity index (χ1) is 8.15. The summed E-state index contributed by atoms with van der Waals surface area (Å²) in [6.45, 7) is 10.0. The molecule has 0 bridgehead atoms. The largest absolute Gasteiger partial charge is 0.340 e. The predicted octanol–water partition coefficient (Wildman–Crippen LogP) is 4.02. The third-order valence-corrected chi connectivity index (χ3v) is 3.16. The second-order valence-electron chi connectivity index (χ2n) is 4.70. The Kier molecular flexibility index (Phi) is 9.89. The molecule has 0 spiro atoms. The van der Waals surface area contributed by atoms with Gasteiger partial charge in [-0.15, -0.1) is 0 Å². The molecule has 0 saturated heterocycles. The van der Waals surface area contributed by atoms with E-state index in [1.165, 1.54) is 32.1 Å². The van der Waals surface area contributed by atoms with Crippen molar-refractivity contribution in [3.8, 4) is 0 Å². The van der Waals surface area contributed by atoms with Gasteiger partial charge in [-0.3, -0.25) is 4.79 Å². The maximum atomic E-state index is 11.7. The number of amides is 1. The Balaban J connectivity index is 3.85. The van der Waals surface area contributed by atoms with E-state index in [0.29, 0.717) is 5.92 Å². The first kappa shape index (κ1) is 16.2. The Morgan fingerprint density at radius 1 is 1.12 bits per heavy atom. The van der Waals surface area contributed by atoms with E-state index in [4.69, 9.17) is 0 Å². The van der Waals surface area contributed by atoms with Crippen LogP contribution in [0.5, 0.6) is 0 Å². The van der Waals surface area contributed by atoms with Crippen LogP contribution in [-0.2, 0) is 4.79 Å². The molecule has 1 unspecified atom stereocenters. The molecule has 0 radical (unpaired) electrons. The molecule has 1 amide bonds. The summed E-state index contributed by atoms with van der Waals surface area (Å²) >= 11 is 0. The summed E-state index contributed by atoms with van der Waals surface area (Å²) in [6.07, 6.45) is 10.2. The quantitative estimate of drug-likeness (QED) is 0.439. The number of hydrogen-bond donors (Lipinski definition) is 0. The zero-order valence-electron chi connectivity index (χ0n) is 12.0. The van der Waals surface area contributed by atoms with Crippen molar-refractivity contribution in [1.82, 2.24) is 4.90 Å². The van der Waals surface area contributed by atoms with Crippen LogP contribution in [0.25, 0.3) is 0 Å². The van der Waals surface area contributed by atoms with Gasteiger partial charge >= 0.3 is 0 Å². The van der Waals surface area contributed by atoms with E-state index in [1.807, 2.05) is 18.7 Å². The molecule has 0 aromatic rings. The van der Waals surface area contributed by atoms with Gasteiger partial charge in [-0.2, -0.15) is 0 Å². The Morgan fingerprint density at radius 2 is 1.76 bits per heavy atom. The average molecular weight is 239 g/mol. The van der Waals surface area contributed by atoms with Crippen LogP contribution in [0, 0.1) is 5.92 Å². The van der Waals surface area contributed by atoms with E-state index in [2.05, 4.69) is 19.9 Å². The van der Waals surface area contributed by atoms with Crippen molar-refractivity contribution in [2.75, 3.05) is 13.1 Å². The van der Waals surface area contributed by atoms with E-state index in [0.717, 1.165) is 13.1 Å². The molecule has 0 heterocycles. The van der Waals surface area contributed by atoms with Gasteiger partial charge in [-0.25, -0.2) is 0 Å². The Bertz CT molecular complexity index is 219. The van der Waals surface area contributed by atoms with Crippen LogP contribution in [0.15, 0.2) is 12.2 Å². The van der Waals surface area contributed by atoms with Gasteiger partial charge < -0.3 is 4.90 Å². The minimum atomic E-state index is 0.149. The summed E-state index contributed by atoms with van der Waals surface area (Å²) < 4.78 is 0. The molecule has 0 aliphatic carbocycles. The first-order valence-electron chi connectivity index (χ1n) is 7.12. The standard InChI is InChI=1S/C15H29NO/c1-5-8-9-10-11-14(4)12-13-15(17)16(6-2)7-3/h12-14H,5-11H2,1-4H3/b13-12+. The smallest absolute Gasteiger partial charge is 0.246 e. The van der Waals surface area contributed by atoms with Gasteiger partial charge in [0.25, 0.3) is 0 Å². The molecule has 0 aliphatic rings. The molecule has 0 aromatic carbocycles. The van der Waals surface area contributed by atoms with Gasteiger partial charge in [0, 0.05) is 13.1 Å². The fraction of sp³-hybridized carbons (Fsp3) is 0.800. The lowest BCUT2D eigenvalue weighted by Gasteiger charge is -2.16. The fourth-order valence-corrected chi connectivity index (χ4v) is 1.88. The van der Waals surface area contributed by atoms with Gasteiger partial charge in [0.15, 0.2) is 0 Å². The van der Waals surface area contributed by atoms with E-state index < -0.39 is 0 Å².